The van der Waals surface area contributed by atoms with Gasteiger partial charge in [-0.2, -0.15) is 0 Å². The molecule has 1 nitrogen and oxygen atoms in total. The second-order valence-electron chi connectivity index (χ2n) is 4.88. The zero-order valence-corrected chi connectivity index (χ0v) is 11.3. The van der Waals surface area contributed by atoms with Crippen molar-refractivity contribution in [2.75, 3.05) is 0 Å². The maximum absolute atomic E-state index is 13.8. The van der Waals surface area contributed by atoms with Gasteiger partial charge in [-0.15, -0.1) is 0 Å². The average Bonchev–Trinajstić information content (AvgIpc) is 2.84. The van der Waals surface area contributed by atoms with E-state index in [2.05, 4.69) is 29.6 Å². The van der Waals surface area contributed by atoms with Gasteiger partial charge in [-0.3, -0.25) is 0 Å². The molecule has 1 atom stereocenters. The van der Waals surface area contributed by atoms with Crippen LogP contribution in [-0.4, -0.2) is 0 Å². The molecular weight excluding hydrogens is 261 g/mol. The lowest BCUT2D eigenvalue weighted by Crippen LogP contribution is -2.19. The van der Waals surface area contributed by atoms with Gasteiger partial charge in [0.1, 0.15) is 5.82 Å². The fourth-order valence-electron chi connectivity index (χ4n) is 2.69. The molecule has 98 valence electrons. The standard InChI is InChI=1S/C16H15ClFN/c17-14-7-3-5-12(16(14)18)10-19-15-9-8-11-4-1-2-6-13(11)15/h1-7,15,19H,8-10H2. The van der Waals surface area contributed by atoms with Gasteiger partial charge in [0.05, 0.1) is 5.02 Å². The molecule has 0 saturated carbocycles. The van der Waals surface area contributed by atoms with Gasteiger partial charge in [0.15, 0.2) is 0 Å². The average molecular weight is 276 g/mol. The SMILES string of the molecule is Fc1c(Cl)cccc1CNC1CCc2ccccc21. The predicted molar refractivity (Wildman–Crippen MR) is 75.8 cm³/mol. The lowest BCUT2D eigenvalue weighted by Gasteiger charge is -2.14. The third-order valence-corrected chi connectivity index (χ3v) is 4.00. The highest BCUT2D eigenvalue weighted by molar-refractivity contribution is 6.30. The highest BCUT2D eigenvalue weighted by Crippen LogP contribution is 2.31. The summed E-state index contributed by atoms with van der Waals surface area (Å²) in [5.74, 6) is -0.317. The molecule has 0 heterocycles. The van der Waals surface area contributed by atoms with Crippen molar-refractivity contribution in [2.24, 2.45) is 0 Å². The van der Waals surface area contributed by atoms with Crippen LogP contribution in [0.1, 0.15) is 29.2 Å². The minimum absolute atomic E-state index is 0.186. The molecule has 3 rings (SSSR count). The van der Waals surface area contributed by atoms with Gasteiger partial charge in [0.2, 0.25) is 0 Å². The fraction of sp³-hybridized carbons (Fsp3) is 0.250. The molecular formula is C16H15ClFN. The predicted octanol–water partition coefficient (Wildman–Crippen LogP) is 4.26. The van der Waals surface area contributed by atoms with Crippen LogP contribution in [0.2, 0.25) is 5.02 Å². The van der Waals surface area contributed by atoms with Crippen LogP contribution in [0.4, 0.5) is 4.39 Å². The molecule has 1 aliphatic rings. The summed E-state index contributed by atoms with van der Waals surface area (Å²) in [7, 11) is 0. The summed E-state index contributed by atoms with van der Waals surface area (Å²) in [5.41, 5.74) is 3.35. The van der Waals surface area contributed by atoms with Crippen LogP contribution in [-0.2, 0) is 13.0 Å². The molecule has 3 heteroatoms. The molecule has 0 spiro atoms. The van der Waals surface area contributed by atoms with Crippen molar-refractivity contribution >= 4 is 11.6 Å². The van der Waals surface area contributed by atoms with Crippen LogP contribution in [0.25, 0.3) is 0 Å². The molecule has 19 heavy (non-hydrogen) atoms. The quantitative estimate of drug-likeness (QED) is 0.883. The number of aryl methyl sites for hydroxylation is 1. The van der Waals surface area contributed by atoms with Crippen molar-refractivity contribution in [3.63, 3.8) is 0 Å². The van der Waals surface area contributed by atoms with Gasteiger partial charge in [-0.25, -0.2) is 4.39 Å². The Morgan fingerprint density at radius 2 is 2.00 bits per heavy atom. The smallest absolute Gasteiger partial charge is 0.146 e. The summed E-state index contributed by atoms with van der Waals surface area (Å²) in [6, 6.07) is 13.9. The van der Waals surface area contributed by atoms with E-state index in [0.29, 0.717) is 18.2 Å². The van der Waals surface area contributed by atoms with Crippen LogP contribution in [0.3, 0.4) is 0 Å². The molecule has 0 aromatic heterocycles. The van der Waals surface area contributed by atoms with Gasteiger partial charge in [-0.1, -0.05) is 48.0 Å². The van der Waals surface area contributed by atoms with Gasteiger partial charge < -0.3 is 5.32 Å². The molecule has 0 saturated heterocycles. The van der Waals surface area contributed by atoms with Gasteiger partial charge >= 0.3 is 0 Å². The third-order valence-electron chi connectivity index (χ3n) is 3.70. The normalized spacial score (nSPS) is 17.5. The molecule has 0 amide bonds. The lowest BCUT2D eigenvalue weighted by molar-refractivity contribution is 0.513. The number of nitrogens with one attached hydrogen (secondary N) is 1. The van der Waals surface area contributed by atoms with Crippen molar-refractivity contribution < 1.29 is 4.39 Å². The molecule has 0 fully saturated rings. The van der Waals surface area contributed by atoms with Crippen LogP contribution >= 0.6 is 11.6 Å². The Morgan fingerprint density at radius 1 is 1.16 bits per heavy atom. The number of fused-ring (bicyclic) bond motifs is 1. The second-order valence-corrected chi connectivity index (χ2v) is 5.29. The Balaban J connectivity index is 1.73. The molecule has 0 aliphatic heterocycles. The van der Waals surface area contributed by atoms with Crippen molar-refractivity contribution in [2.45, 2.75) is 25.4 Å². The molecule has 0 radical (unpaired) electrons. The zero-order valence-electron chi connectivity index (χ0n) is 10.5. The van der Waals surface area contributed by atoms with Crippen LogP contribution < -0.4 is 5.32 Å². The summed E-state index contributed by atoms with van der Waals surface area (Å²) in [6.07, 6.45) is 2.16. The third kappa shape index (κ3) is 2.51. The summed E-state index contributed by atoms with van der Waals surface area (Å²) >= 11 is 5.79. The van der Waals surface area contributed by atoms with Gasteiger partial charge in [0, 0.05) is 18.2 Å². The first-order chi connectivity index (χ1) is 9.25. The first-order valence-corrected chi connectivity index (χ1v) is 6.87. The first kappa shape index (κ1) is 12.6. The lowest BCUT2D eigenvalue weighted by atomic mass is 10.1. The monoisotopic (exact) mass is 275 g/mol. The van der Waals surface area contributed by atoms with E-state index in [-0.39, 0.29) is 10.8 Å². The second kappa shape index (κ2) is 5.32. The molecule has 2 aromatic rings. The maximum atomic E-state index is 13.8. The van der Waals surface area contributed by atoms with Crippen LogP contribution in [0, 0.1) is 5.82 Å². The number of hydrogen-bond donors (Lipinski definition) is 1. The van der Waals surface area contributed by atoms with E-state index >= 15 is 0 Å². The van der Waals surface area contributed by atoms with Crippen molar-refractivity contribution in [3.8, 4) is 0 Å². The topological polar surface area (TPSA) is 12.0 Å². The van der Waals surface area contributed by atoms with Crippen LogP contribution in [0.5, 0.6) is 0 Å². The Bertz CT molecular complexity index is 597. The summed E-state index contributed by atoms with van der Waals surface area (Å²) in [5, 5.41) is 3.61. The fourth-order valence-corrected chi connectivity index (χ4v) is 2.88. The van der Waals surface area contributed by atoms with Gasteiger partial charge in [0.25, 0.3) is 0 Å². The molecule has 0 bridgehead atoms. The number of halogens is 2. The molecule has 2 aromatic carbocycles. The van der Waals surface area contributed by atoms with E-state index in [4.69, 9.17) is 11.6 Å². The largest absolute Gasteiger partial charge is 0.306 e. The summed E-state index contributed by atoms with van der Waals surface area (Å²) in [4.78, 5) is 0. The molecule has 1 unspecified atom stereocenters. The highest BCUT2D eigenvalue weighted by atomic mass is 35.5. The Kier molecular flexibility index (Phi) is 3.54. The van der Waals surface area contributed by atoms with E-state index in [9.17, 15) is 4.39 Å². The van der Waals surface area contributed by atoms with E-state index < -0.39 is 0 Å². The van der Waals surface area contributed by atoms with Crippen molar-refractivity contribution in [1.82, 2.24) is 5.32 Å². The Morgan fingerprint density at radius 3 is 2.89 bits per heavy atom. The van der Waals surface area contributed by atoms with Crippen LogP contribution in [0.15, 0.2) is 42.5 Å². The summed E-state index contributed by atoms with van der Waals surface area (Å²) in [6.45, 7) is 0.505. The zero-order chi connectivity index (χ0) is 13.2. The van der Waals surface area contributed by atoms with E-state index in [1.807, 2.05) is 0 Å². The van der Waals surface area contributed by atoms with E-state index in [0.717, 1.165) is 12.8 Å². The Hall–Kier alpha value is -1.38. The maximum Gasteiger partial charge on any atom is 0.146 e. The van der Waals surface area contributed by atoms with Crippen molar-refractivity contribution in [1.29, 1.82) is 0 Å². The molecule has 1 aliphatic carbocycles. The Labute approximate surface area is 117 Å². The van der Waals surface area contributed by atoms with Gasteiger partial charge in [-0.05, 0) is 30.0 Å². The number of hydrogen-bond acceptors (Lipinski definition) is 1. The van der Waals surface area contributed by atoms with E-state index in [1.54, 1.807) is 18.2 Å². The molecule has 1 N–H and O–H groups in total. The number of rotatable bonds is 3. The van der Waals surface area contributed by atoms with E-state index in [1.165, 1.54) is 11.1 Å². The van der Waals surface area contributed by atoms with Crippen molar-refractivity contribution in [3.05, 3.63) is 70.0 Å². The summed E-state index contributed by atoms with van der Waals surface area (Å²) < 4.78 is 13.8. The highest BCUT2D eigenvalue weighted by Gasteiger charge is 2.21. The number of benzene rings is 2. The minimum atomic E-state index is -0.317. The minimum Gasteiger partial charge on any atom is -0.306 e. The first-order valence-electron chi connectivity index (χ1n) is 6.50.